The van der Waals surface area contributed by atoms with Crippen LogP contribution in [0.4, 0.5) is 8.78 Å². The minimum Gasteiger partial charge on any atom is -0.352 e. The van der Waals surface area contributed by atoms with E-state index in [1.165, 1.54) is 23.0 Å². The Morgan fingerprint density at radius 2 is 1.82 bits per heavy atom. The zero-order chi connectivity index (χ0) is 25.1. The summed E-state index contributed by atoms with van der Waals surface area (Å²) in [6.45, 7) is 0.133. The summed E-state index contributed by atoms with van der Waals surface area (Å²) in [4.78, 5) is 28.6. The van der Waals surface area contributed by atoms with Gasteiger partial charge in [0.1, 0.15) is 5.69 Å². The highest BCUT2D eigenvalue weighted by atomic mass is 19.3. The lowest BCUT2D eigenvalue weighted by Crippen LogP contribution is -2.50. The van der Waals surface area contributed by atoms with Gasteiger partial charge in [0.25, 0.3) is 5.91 Å². The van der Waals surface area contributed by atoms with Crippen molar-refractivity contribution >= 4 is 56.7 Å². The molecule has 9 nitrogen and oxygen atoms in total. The highest BCUT2D eigenvalue weighted by Crippen LogP contribution is 2.30. The van der Waals surface area contributed by atoms with Gasteiger partial charge in [-0.3, -0.25) is 14.3 Å². The fourth-order valence-electron chi connectivity index (χ4n) is 2.89. The van der Waals surface area contributed by atoms with Crippen LogP contribution in [0.1, 0.15) is 34.6 Å². The zero-order valence-corrected chi connectivity index (χ0v) is 18.0. The number of imidazole rings is 1. The van der Waals surface area contributed by atoms with Gasteiger partial charge in [-0.1, -0.05) is 0 Å². The van der Waals surface area contributed by atoms with Crippen LogP contribution >= 0.6 is 0 Å². The first-order valence-electron chi connectivity index (χ1n) is 10.0. The van der Waals surface area contributed by atoms with E-state index in [0.29, 0.717) is 16.9 Å². The molecule has 0 unspecified atom stereocenters. The smallest absolute Gasteiger partial charge is 0.269 e. The second kappa shape index (κ2) is 10.1. The Labute approximate surface area is 200 Å². The average molecular weight is 454 g/mol. The summed E-state index contributed by atoms with van der Waals surface area (Å²) in [5.41, 5.74) is 1.53. The number of fused-ring (bicyclic) bond motifs is 1. The Balaban J connectivity index is 1.63. The number of halogens is 2. The Hall–Kier alpha value is -3.05. The standard InChI is InChI=1S/C18H16B5F2N7O2/c19-17(20,21)18(22,23)32-12(3-4-28-32)16(34)27-8-11-9-31-14(30-11)5-10(7-29-31)6-26-15(33)2-1-13(24)25/h3-5,7,9,13H,1-2,6,8H2,(H,26,33)(H,27,34). The first-order valence-corrected chi connectivity index (χ1v) is 10.0. The van der Waals surface area contributed by atoms with Crippen LogP contribution in [-0.2, 0) is 23.2 Å². The number of nitrogens with zero attached hydrogens (tertiary/aromatic N) is 5. The van der Waals surface area contributed by atoms with E-state index in [9.17, 15) is 18.4 Å². The SMILES string of the molecule is [B]C([B])([B])C([B])([B])n1nccc1C(=O)NCc1cn2ncc(CNC(=O)CCC(F)F)cc2n1. The molecule has 0 saturated carbocycles. The monoisotopic (exact) mass is 455 g/mol. The molecule has 0 aliphatic heterocycles. The van der Waals surface area contributed by atoms with Crippen LogP contribution in [-0.4, -0.2) is 81.8 Å². The number of hydrogen-bond acceptors (Lipinski definition) is 5. The molecule has 10 radical (unpaired) electrons. The summed E-state index contributed by atoms with van der Waals surface area (Å²) in [7, 11) is 28.6. The lowest BCUT2D eigenvalue weighted by atomic mass is 9.26. The van der Waals surface area contributed by atoms with Crippen molar-refractivity contribution in [1.82, 2.24) is 35.0 Å². The second-order valence-corrected chi connectivity index (χ2v) is 7.67. The topological polar surface area (TPSA) is 106 Å². The second-order valence-electron chi connectivity index (χ2n) is 7.67. The Bertz CT molecular complexity index is 1180. The molecule has 164 valence electrons. The molecular weight excluding hydrogens is 438 g/mol. The molecule has 0 aliphatic carbocycles. The van der Waals surface area contributed by atoms with Crippen molar-refractivity contribution < 1.29 is 18.4 Å². The fourth-order valence-corrected chi connectivity index (χ4v) is 2.89. The van der Waals surface area contributed by atoms with E-state index < -0.39 is 35.1 Å². The lowest BCUT2D eigenvalue weighted by Gasteiger charge is -2.42. The van der Waals surface area contributed by atoms with Gasteiger partial charge in [-0.25, -0.2) is 18.3 Å². The number of carbonyl (C=O) groups excluding carboxylic acids is 2. The minimum absolute atomic E-state index is 0.0221. The van der Waals surface area contributed by atoms with Crippen molar-refractivity contribution in [1.29, 1.82) is 0 Å². The molecule has 3 rings (SSSR count). The van der Waals surface area contributed by atoms with E-state index in [4.69, 9.17) is 39.2 Å². The van der Waals surface area contributed by atoms with Crippen molar-refractivity contribution in [3.63, 3.8) is 0 Å². The number of carbonyl (C=O) groups is 2. The van der Waals surface area contributed by atoms with Crippen molar-refractivity contribution in [2.75, 3.05) is 0 Å². The minimum atomic E-state index is -2.53. The molecule has 3 heterocycles. The van der Waals surface area contributed by atoms with Gasteiger partial charge in [-0.15, -0.1) is 5.11 Å². The molecule has 0 fully saturated rings. The summed E-state index contributed by atoms with van der Waals surface area (Å²) in [5.74, 6) is -1.07. The molecule has 2 N–H and O–H groups in total. The number of aromatic nitrogens is 5. The summed E-state index contributed by atoms with van der Waals surface area (Å²) < 4.78 is 26.8. The molecule has 0 atom stereocenters. The normalized spacial score (nSPS) is 12.2. The molecule has 0 aliphatic rings. The number of alkyl halides is 2. The number of nitrogens with one attached hydrogen (secondary N) is 2. The molecule has 34 heavy (non-hydrogen) atoms. The third kappa shape index (κ3) is 5.89. The van der Waals surface area contributed by atoms with Crippen molar-refractivity contribution in [2.24, 2.45) is 0 Å². The maximum Gasteiger partial charge on any atom is 0.269 e. The Morgan fingerprint density at radius 3 is 2.50 bits per heavy atom. The maximum absolute atomic E-state index is 12.6. The molecule has 0 saturated heterocycles. The van der Waals surface area contributed by atoms with E-state index in [1.54, 1.807) is 12.3 Å². The van der Waals surface area contributed by atoms with Crippen LogP contribution in [0.3, 0.4) is 0 Å². The van der Waals surface area contributed by atoms with Gasteiger partial charge in [-0.05, 0) is 23.0 Å². The summed E-state index contributed by atoms with van der Waals surface area (Å²) in [6, 6.07) is 3.03. The van der Waals surface area contributed by atoms with Gasteiger partial charge in [-0.2, -0.15) is 10.2 Å². The van der Waals surface area contributed by atoms with E-state index in [2.05, 4.69) is 25.8 Å². The first kappa shape index (κ1) is 25.6. The fraction of sp³-hybridized carbons (Fsp3) is 0.389. The third-order valence-electron chi connectivity index (χ3n) is 4.86. The average Bonchev–Trinajstić information content (AvgIpc) is 3.40. The predicted molar refractivity (Wildman–Crippen MR) is 123 cm³/mol. The molecule has 0 aromatic carbocycles. The zero-order valence-electron chi connectivity index (χ0n) is 18.0. The number of hydrogen-bond donors (Lipinski definition) is 2. The van der Waals surface area contributed by atoms with E-state index in [-0.39, 0.29) is 25.2 Å². The largest absolute Gasteiger partial charge is 0.352 e. The van der Waals surface area contributed by atoms with Gasteiger partial charge < -0.3 is 10.6 Å². The van der Waals surface area contributed by atoms with Gasteiger partial charge in [0.15, 0.2) is 5.65 Å². The summed E-state index contributed by atoms with van der Waals surface area (Å²) in [5, 5.41) is 9.15. The summed E-state index contributed by atoms with van der Waals surface area (Å²) >= 11 is 0. The van der Waals surface area contributed by atoms with Crippen LogP contribution in [0, 0.1) is 0 Å². The molecule has 0 bridgehead atoms. The Kier molecular flexibility index (Phi) is 7.57. The van der Waals surface area contributed by atoms with Crippen LogP contribution in [0.5, 0.6) is 0 Å². The molecule has 3 aromatic heterocycles. The van der Waals surface area contributed by atoms with Crippen LogP contribution in [0.2, 0.25) is 5.11 Å². The molecule has 2 amide bonds. The van der Waals surface area contributed by atoms with Gasteiger partial charge in [0, 0.05) is 25.6 Å². The molecule has 0 spiro atoms. The highest BCUT2D eigenvalue weighted by molar-refractivity contribution is 6.66. The van der Waals surface area contributed by atoms with E-state index in [0.717, 1.165) is 4.68 Å². The third-order valence-corrected chi connectivity index (χ3v) is 4.86. The first-order chi connectivity index (χ1) is 15.9. The van der Waals surface area contributed by atoms with Gasteiger partial charge >= 0.3 is 0 Å². The quantitative estimate of drug-likeness (QED) is 0.384. The highest BCUT2D eigenvalue weighted by Gasteiger charge is 2.35. The van der Waals surface area contributed by atoms with Crippen LogP contribution in [0.25, 0.3) is 5.65 Å². The maximum atomic E-state index is 12.6. The Morgan fingerprint density at radius 1 is 1.09 bits per heavy atom. The molecular formula is C18H16B5F2N7O2. The van der Waals surface area contributed by atoms with Crippen LogP contribution in [0.15, 0.2) is 30.7 Å². The molecule has 16 heteroatoms. The van der Waals surface area contributed by atoms with Crippen LogP contribution < -0.4 is 10.6 Å². The van der Waals surface area contributed by atoms with Crippen molar-refractivity contribution in [3.05, 3.63) is 47.7 Å². The number of amides is 2. The van der Waals surface area contributed by atoms with E-state index >= 15 is 0 Å². The number of rotatable bonds is 10. The summed E-state index contributed by atoms with van der Waals surface area (Å²) in [6.07, 6.45) is 1.09. The van der Waals surface area contributed by atoms with Gasteiger partial charge in [0.2, 0.25) is 12.3 Å². The van der Waals surface area contributed by atoms with Crippen molar-refractivity contribution in [3.8, 4) is 0 Å². The van der Waals surface area contributed by atoms with E-state index in [1.807, 2.05) is 0 Å². The predicted octanol–water partition coefficient (Wildman–Crippen LogP) is -0.956. The van der Waals surface area contributed by atoms with Crippen molar-refractivity contribution in [2.45, 2.75) is 42.8 Å². The lowest BCUT2D eigenvalue weighted by molar-refractivity contribution is -0.122. The molecule has 3 aromatic rings. The van der Waals surface area contributed by atoms with Gasteiger partial charge in [0.05, 0.1) is 63.9 Å².